The Morgan fingerprint density at radius 3 is 2.34 bits per heavy atom. The number of benzene rings is 2. The molecule has 0 spiro atoms. The number of halogens is 2. The number of nitrogens with one attached hydrogen (secondary N) is 1. The van der Waals surface area contributed by atoms with Crippen molar-refractivity contribution >= 4 is 23.2 Å². The summed E-state index contributed by atoms with van der Waals surface area (Å²) < 4.78 is 13.1. The van der Waals surface area contributed by atoms with E-state index in [0.29, 0.717) is 28.6 Å². The molecule has 0 radical (unpaired) electrons. The first-order chi connectivity index (χ1) is 14.0. The summed E-state index contributed by atoms with van der Waals surface area (Å²) in [6.07, 6.45) is 0.451. The Bertz CT molecular complexity index is 1060. The van der Waals surface area contributed by atoms with Crippen LogP contribution in [0.1, 0.15) is 16.8 Å². The Labute approximate surface area is 173 Å². The molecule has 2 aromatic carbocycles. The van der Waals surface area contributed by atoms with Crippen LogP contribution in [0.5, 0.6) is 0 Å². The highest BCUT2D eigenvalue weighted by Crippen LogP contribution is 2.21. The Balaban J connectivity index is 1.48. The second kappa shape index (κ2) is 8.25. The minimum absolute atomic E-state index is 0.131. The molecule has 2 heterocycles. The molecular weight excluding hydrogens is 391 g/mol. The molecule has 1 aliphatic heterocycles. The number of hydrogen-bond donors (Lipinski definition) is 1. The summed E-state index contributed by atoms with van der Waals surface area (Å²) in [4.78, 5) is 24.6. The van der Waals surface area contributed by atoms with Gasteiger partial charge < -0.3 is 9.80 Å². The van der Waals surface area contributed by atoms with E-state index in [0.717, 1.165) is 37.4 Å². The zero-order valence-electron chi connectivity index (χ0n) is 16.2. The van der Waals surface area contributed by atoms with Gasteiger partial charge in [-0.1, -0.05) is 29.8 Å². The van der Waals surface area contributed by atoms with Crippen molar-refractivity contribution in [2.24, 2.45) is 0 Å². The maximum Gasteiger partial charge on any atom is 0.256 e. The van der Waals surface area contributed by atoms with E-state index in [-0.39, 0.29) is 11.4 Å². The molecule has 1 N–H and O–H groups in total. The van der Waals surface area contributed by atoms with Crippen molar-refractivity contribution in [3.05, 3.63) is 86.5 Å². The van der Waals surface area contributed by atoms with E-state index < -0.39 is 0 Å². The zero-order valence-corrected chi connectivity index (χ0v) is 16.9. The first-order valence-corrected chi connectivity index (χ1v) is 9.98. The summed E-state index contributed by atoms with van der Waals surface area (Å²) in [6.45, 7) is 4.86. The predicted octanol–water partition coefficient (Wildman–Crippen LogP) is 3.79. The zero-order chi connectivity index (χ0) is 20.4. The lowest BCUT2D eigenvalue weighted by Crippen LogP contribution is -2.47. The van der Waals surface area contributed by atoms with E-state index in [1.54, 1.807) is 12.1 Å². The fourth-order valence-corrected chi connectivity index (χ4v) is 3.82. The van der Waals surface area contributed by atoms with Gasteiger partial charge in [-0.15, -0.1) is 0 Å². The number of aromatic amines is 1. The van der Waals surface area contributed by atoms with Crippen molar-refractivity contribution in [2.75, 3.05) is 36.0 Å². The highest BCUT2D eigenvalue weighted by atomic mass is 35.5. The third-order valence-electron chi connectivity index (χ3n) is 5.31. The van der Waals surface area contributed by atoms with E-state index in [2.05, 4.69) is 19.8 Å². The molecule has 7 heteroatoms. The van der Waals surface area contributed by atoms with E-state index in [9.17, 15) is 9.18 Å². The van der Waals surface area contributed by atoms with Crippen molar-refractivity contribution in [3.63, 3.8) is 0 Å². The second-order valence-corrected chi connectivity index (χ2v) is 7.58. The van der Waals surface area contributed by atoms with Crippen molar-refractivity contribution in [3.8, 4) is 0 Å². The van der Waals surface area contributed by atoms with E-state index in [1.807, 2.05) is 31.2 Å². The van der Waals surface area contributed by atoms with Crippen molar-refractivity contribution in [2.45, 2.75) is 13.3 Å². The lowest BCUT2D eigenvalue weighted by Gasteiger charge is -2.36. The van der Waals surface area contributed by atoms with Crippen LogP contribution in [0.4, 0.5) is 16.0 Å². The van der Waals surface area contributed by atoms with E-state index >= 15 is 0 Å². The maximum absolute atomic E-state index is 13.1. The van der Waals surface area contributed by atoms with Gasteiger partial charge in [0.2, 0.25) is 5.95 Å². The molecular formula is C22H22ClFN4O. The van der Waals surface area contributed by atoms with Crippen molar-refractivity contribution in [1.29, 1.82) is 0 Å². The number of nitrogens with zero attached hydrogens (tertiary/aromatic N) is 3. The molecule has 0 saturated carbocycles. The largest absolute Gasteiger partial charge is 0.368 e. The van der Waals surface area contributed by atoms with Crippen molar-refractivity contribution in [1.82, 2.24) is 9.97 Å². The number of anilines is 2. The van der Waals surface area contributed by atoms with Crippen LogP contribution in [-0.2, 0) is 6.42 Å². The average Bonchev–Trinajstić information content (AvgIpc) is 2.72. The van der Waals surface area contributed by atoms with Gasteiger partial charge in [-0.05, 0) is 42.8 Å². The number of piperazine rings is 1. The Morgan fingerprint density at radius 2 is 1.69 bits per heavy atom. The minimum atomic E-state index is -0.235. The minimum Gasteiger partial charge on any atom is -0.368 e. The molecule has 150 valence electrons. The second-order valence-electron chi connectivity index (χ2n) is 7.17. The number of H-pyrrole nitrogens is 1. The topological polar surface area (TPSA) is 52.2 Å². The van der Waals surface area contributed by atoms with Crippen LogP contribution >= 0.6 is 11.6 Å². The summed E-state index contributed by atoms with van der Waals surface area (Å²) in [6, 6.07) is 14.1. The van der Waals surface area contributed by atoms with Crippen molar-refractivity contribution < 1.29 is 4.39 Å². The first kappa shape index (κ1) is 19.5. The fourth-order valence-electron chi connectivity index (χ4n) is 3.61. The molecule has 1 saturated heterocycles. The third kappa shape index (κ3) is 4.27. The average molecular weight is 413 g/mol. The Morgan fingerprint density at radius 1 is 1.03 bits per heavy atom. The monoisotopic (exact) mass is 412 g/mol. The van der Waals surface area contributed by atoms with Gasteiger partial charge in [0.25, 0.3) is 5.56 Å². The molecule has 0 atom stereocenters. The molecule has 0 amide bonds. The van der Waals surface area contributed by atoms with Gasteiger partial charge in [-0.25, -0.2) is 9.37 Å². The normalized spacial score (nSPS) is 14.3. The van der Waals surface area contributed by atoms with Gasteiger partial charge >= 0.3 is 0 Å². The van der Waals surface area contributed by atoms with Gasteiger partial charge in [0.05, 0.1) is 5.69 Å². The number of hydrogen-bond acceptors (Lipinski definition) is 4. The van der Waals surface area contributed by atoms with Crippen LogP contribution in [0.15, 0.2) is 53.3 Å². The highest BCUT2D eigenvalue weighted by molar-refractivity contribution is 6.31. The van der Waals surface area contributed by atoms with E-state index in [1.165, 1.54) is 12.1 Å². The molecule has 4 rings (SSSR count). The predicted molar refractivity (Wildman–Crippen MR) is 115 cm³/mol. The molecule has 0 aliphatic carbocycles. The van der Waals surface area contributed by atoms with Crippen LogP contribution in [0.2, 0.25) is 5.02 Å². The van der Waals surface area contributed by atoms with E-state index in [4.69, 9.17) is 11.6 Å². The lowest BCUT2D eigenvalue weighted by atomic mass is 10.1. The molecule has 5 nitrogen and oxygen atoms in total. The number of aromatic nitrogens is 2. The van der Waals surface area contributed by atoms with Crippen LogP contribution in [0.3, 0.4) is 0 Å². The standard InChI is InChI=1S/C22H22ClFN4O/c1-15-19(14-16-4-2-3-5-20(16)23)21(29)26-22(25-15)28-12-10-27(11-13-28)18-8-6-17(24)7-9-18/h2-9H,10-14H2,1H3,(H,25,26,29). The Hall–Kier alpha value is -2.86. The molecule has 1 fully saturated rings. The molecule has 3 aromatic rings. The third-order valence-corrected chi connectivity index (χ3v) is 5.67. The molecule has 0 unspecified atom stereocenters. The van der Waals surface area contributed by atoms with Gasteiger partial charge in [0.1, 0.15) is 5.82 Å². The van der Waals surface area contributed by atoms with Gasteiger partial charge in [0, 0.05) is 48.9 Å². The van der Waals surface area contributed by atoms with Crippen LogP contribution in [0, 0.1) is 12.7 Å². The summed E-state index contributed by atoms with van der Waals surface area (Å²) >= 11 is 6.24. The highest BCUT2D eigenvalue weighted by Gasteiger charge is 2.20. The summed E-state index contributed by atoms with van der Waals surface area (Å²) in [5.41, 5.74) is 3.12. The Kier molecular flexibility index (Phi) is 5.53. The summed E-state index contributed by atoms with van der Waals surface area (Å²) in [5.74, 6) is 0.357. The fraction of sp³-hybridized carbons (Fsp3) is 0.273. The quantitative estimate of drug-likeness (QED) is 0.708. The summed E-state index contributed by atoms with van der Waals surface area (Å²) in [7, 11) is 0. The number of aryl methyl sites for hydroxylation is 1. The summed E-state index contributed by atoms with van der Waals surface area (Å²) in [5, 5.41) is 0.646. The molecule has 1 aliphatic rings. The molecule has 29 heavy (non-hydrogen) atoms. The molecule has 1 aromatic heterocycles. The van der Waals surface area contributed by atoms with Gasteiger partial charge in [0.15, 0.2) is 0 Å². The smallest absolute Gasteiger partial charge is 0.256 e. The number of rotatable bonds is 4. The van der Waals surface area contributed by atoms with Crippen LogP contribution in [-0.4, -0.2) is 36.1 Å². The SMILES string of the molecule is Cc1nc(N2CCN(c3ccc(F)cc3)CC2)[nH]c(=O)c1Cc1ccccc1Cl. The van der Waals surface area contributed by atoms with Crippen LogP contribution in [0.25, 0.3) is 0 Å². The van der Waals surface area contributed by atoms with Gasteiger partial charge in [-0.3, -0.25) is 9.78 Å². The first-order valence-electron chi connectivity index (χ1n) is 9.60. The molecule has 0 bridgehead atoms. The van der Waals surface area contributed by atoms with Gasteiger partial charge in [-0.2, -0.15) is 0 Å². The lowest BCUT2D eigenvalue weighted by molar-refractivity contribution is 0.622. The maximum atomic E-state index is 13.1. The van der Waals surface area contributed by atoms with Crippen LogP contribution < -0.4 is 15.4 Å².